The van der Waals surface area contributed by atoms with Gasteiger partial charge >= 0.3 is 12.1 Å². The molecule has 0 aliphatic rings. The van der Waals surface area contributed by atoms with Gasteiger partial charge in [-0.2, -0.15) is 0 Å². The van der Waals surface area contributed by atoms with E-state index in [4.69, 9.17) is 14.2 Å². The first kappa shape index (κ1) is 22.2. The number of amides is 1. The van der Waals surface area contributed by atoms with E-state index in [1.54, 1.807) is 20.8 Å². The minimum atomic E-state index is -0.701. The van der Waals surface area contributed by atoms with Gasteiger partial charge in [0, 0.05) is 13.1 Å². The summed E-state index contributed by atoms with van der Waals surface area (Å²) in [4.78, 5) is 23.8. The van der Waals surface area contributed by atoms with Crippen molar-refractivity contribution in [2.24, 2.45) is 0 Å². The van der Waals surface area contributed by atoms with E-state index in [0.717, 1.165) is 17.1 Å². The van der Waals surface area contributed by atoms with Gasteiger partial charge in [0.25, 0.3) is 0 Å². The van der Waals surface area contributed by atoms with E-state index in [-0.39, 0.29) is 6.54 Å². The minimum absolute atomic E-state index is 0.0524. The van der Waals surface area contributed by atoms with Crippen LogP contribution in [0.25, 0.3) is 0 Å². The quantitative estimate of drug-likeness (QED) is 0.658. The van der Waals surface area contributed by atoms with E-state index in [2.05, 4.69) is 10.6 Å². The zero-order chi connectivity index (χ0) is 21.3. The second-order valence-electron chi connectivity index (χ2n) is 7.40. The van der Waals surface area contributed by atoms with Crippen molar-refractivity contribution in [3.05, 3.63) is 60.2 Å². The zero-order valence-corrected chi connectivity index (χ0v) is 17.2. The van der Waals surface area contributed by atoms with E-state index in [0.29, 0.717) is 6.54 Å². The molecule has 0 fully saturated rings. The maximum Gasteiger partial charge on any atom is 0.407 e. The molecule has 0 saturated carbocycles. The standard InChI is InChI=1S/C22H28N2O5/c1-22(2,3)29-21(26)24-15-19(20(25)27-4)23-14-16-10-12-18(13-11-16)28-17-8-6-5-7-9-17/h5-13,19,23H,14-15H2,1-4H3,(H,24,26)/t19-/m0/s1. The molecule has 2 N–H and O–H groups in total. The number of para-hydroxylation sites is 1. The van der Waals surface area contributed by atoms with Crippen molar-refractivity contribution in [1.29, 1.82) is 0 Å². The Bertz CT molecular complexity index is 785. The summed E-state index contributed by atoms with van der Waals surface area (Å²) in [6.07, 6.45) is -0.587. The Morgan fingerprint density at radius 1 is 0.966 bits per heavy atom. The van der Waals surface area contributed by atoms with Gasteiger partial charge in [0.05, 0.1) is 7.11 Å². The molecule has 1 atom stereocenters. The molecule has 0 radical (unpaired) electrons. The average molecular weight is 400 g/mol. The van der Waals surface area contributed by atoms with Crippen LogP contribution in [0.3, 0.4) is 0 Å². The highest BCUT2D eigenvalue weighted by Gasteiger charge is 2.22. The summed E-state index contributed by atoms with van der Waals surface area (Å²) in [6, 6.07) is 16.3. The lowest BCUT2D eigenvalue weighted by Crippen LogP contribution is -2.47. The molecule has 0 bridgehead atoms. The van der Waals surface area contributed by atoms with Gasteiger partial charge in [-0.1, -0.05) is 30.3 Å². The van der Waals surface area contributed by atoms with Crippen LogP contribution in [0, 0.1) is 0 Å². The highest BCUT2D eigenvalue weighted by atomic mass is 16.6. The second-order valence-corrected chi connectivity index (χ2v) is 7.40. The van der Waals surface area contributed by atoms with Crippen molar-refractivity contribution in [2.75, 3.05) is 13.7 Å². The van der Waals surface area contributed by atoms with Crippen LogP contribution in [0.1, 0.15) is 26.3 Å². The Morgan fingerprint density at radius 2 is 1.59 bits per heavy atom. The van der Waals surface area contributed by atoms with Crippen LogP contribution < -0.4 is 15.4 Å². The first-order valence-electron chi connectivity index (χ1n) is 9.37. The van der Waals surface area contributed by atoms with Gasteiger partial charge in [-0.05, 0) is 50.6 Å². The lowest BCUT2D eigenvalue weighted by Gasteiger charge is -2.21. The Morgan fingerprint density at radius 3 is 2.17 bits per heavy atom. The molecule has 0 saturated heterocycles. The molecule has 7 nitrogen and oxygen atoms in total. The number of carbonyl (C=O) groups is 2. The van der Waals surface area contributed by atoms with Gasteiger partial charge in [0.15, 0.2) is 0 Å². The number of hydrogen-bond donors (Lipinski definition) is 2. The Kier molecular flexibility index (Phi) is 8.03. The first-order chi connectivity index (χ1) is 13.8. The van der Waals surface area contributed by atoms with E-state index in [9.17, 15) is 9.59 Å². The molecule has 29 heavy (non-hydrogen) atoms. The number of esters is 1. The third-order valence-corrected chi connectivity index (χ3v) is 3.79. The SMILES string of the molecule is COC(=O)[C@H](CNC(=O)OC(C)(C)C)NCc1ccc(Oc2ccccc2)cc1. The topological polar surface area (TPSA) is 85.9 Å². The van der Waals surface area contributed by atoms with E-state index < -0.39 is 23.7 Å². The average Bonchev–Trinajstić information content (AvgIpc) is 2.68. The van der Waals surface area contributed by atoms with Gasteiger partial charge in [-0.15, -0.1) is 0 Å². The molecule has 0 aliphatic carbocycles. The van der Waals surface area contributed by atoms with Crippen LogP contribution in [0.15, 0.2) is 54.6 Å². The first-order valence-corrected chi connectivity index (χ1v) is 9.37. The third kappa shape index (κ3) is 8.23. The fourth-order valence-electron chi connectivity index (χ4n) is 2.42. The molecule has 7 heteroatoms. The number of ether oxygens (including phenoxy) is 3. The second kappa shape index (κ2) is 10.5. The molecule has 2 aromatic carbocycles. The molecule has 156 valence electrons. The van der Waals surface area contributed by atoms with Crippen LogP contribution in [0.2, 0.25) is 0 Å². The highest BCUT2D eigenvalue weighted by molar-refractivity contribution is 5.77. The lowest BCUT2D eigenvalue weighted by atomic mass is 10.2. The van der Waals surface area contributed by atoms with Crippen LogP contribution in [0.4, 0.5) is 4.79 Å². The molecule has 1 amide bonds. The van der Waals surface area contributed by atoms with Crippen molar-refractivity contribution in [3.8, 4) is 11.5 Å². The number of alkyl carbamates (subject to hydrolysis) is 1. The Hall–Kier alpha value is -3.06. The van der Waals surface area contributed by atoms with E-state index in [1.165, 1.54) is 7.11 Å². The van der Waals surface area contributed by atoms with Crippen LogP contribution in [0.5, 0.6) is 11.5 Å². The number of carbonyl (C=O) groups excluding carboxylic acids is 2. The van der Waals surface area contributed by atoms with Gasteiger partial charge < -0.3 is 19.5 Å². The van der Waals surface area contributed by atoms with Gasteiger partial charge in [0.2, 0.25) is 0 Å². The predicted molar refractivity (Wildman–Crippen MR) is 110 cm³/mol. The summed E-state index contributed by atoms with van der Waals surface area (Å²) < 4.78 is 15.8. The van der Waals surface area contributed by atoms with Gasteiger partial charge in [-0.3, -0.25) is 10.1 Å². The Balaban J connectivity index is 1.88. The number of hydrogen-bond acceptors (Lipinski definition) is 6. The lowest BCUT2D eigenvalue weighted by molar-refractivity contribution is -0.143. The van der Waals surface area contributed by atoms with Crippen molar-refractivity contribution >= 4 is 12.1 Å². The zero-order valence-electron chi connectivity index (χ0n) is 17.2. The molecule has 0 aliphatic heterocycles. The fourth-order valence-corrected chi connectivity index (χ4v) is 2.42. The summed E-state index contributed by atoms with van der Waals surface area (Å²) in [5.74, 6) is 1.01. The van der Waals surface area contributed by atoms with Crippen LogP contribution in [-0.2, 0) is 20.8 Å². The van der Waals surface area contributed by atoms with Gasteiger partial charge in [-0.25, -0.2) is 4.79 Å². The van der Waals surface area contributed by atoms with Crippen LogP contribution in [-0.4, -0.2) is 37.4 Å². The number of nitrogens with one attached hydrogen (secondary N) is 2. The Labute approximate surface area is 171 Å². The summed E-state index contributed by atoms with van der Waals surface area (Å²) in [6.45, 7) is 5.79. The summed E-state index contributed by atoms with van der Waals surface area (Å²) in [5, 5.41) is 5.67. The normalized spacial score (nSPS) is 12.0. The van der Waals surface area contributed by atoms with Crippen molar-refractivity contribution in [2.45, 2.75) is 39.0 Å². The number of rotatable bonds is 8. The maximum atomic E-state index is 12.0. The number of methoxy groups -OCH3 is 1. The largest absolute Gasteiger partial charge is 0.468 e. The molecule has 0 heterocycles. The highest BCUT2D eigenvalue weighted by Crippen LogP contribution is 2.21. The summed E-state index contributed by atoms with van der Waals surface area (Å²) in [5.41, 5.74) is 0.346. The smallest absolute Gasteiger partial charge is 0.407 e. The molecular formula is C22H28N2O5. The predicted octanol–water partition coefficient (Wildman–Crippen LogP) is 3.63. The van der Waals surface area contributed by atoms with Crippen molar-refractivity contribution < 1.29 is 23.8 Å². The fraction of sp³-hybridized carbons (Fsp3) is 0.364. The molecule has 2 rings (SSSR count). The molecule has 0 unspecified atom stereocenters. The third-order valence-electron chi connectivity index (χ3n) is 3.79. The number of benzene rings is 2. The van der Waals surface area contributed by atoms with E-state index >= 15 is 0 Å². The molecular weight excluding hydrogens is 372 g/mol. The van der Waals surface area contributed by atoms with Crippen molar-refractivity contribution in [1.82, 2.24) is 10.6 Å². The molecule has 0 aromatic heterocycles. The van der Waals surface area contributed by atoms with E-state index in [1.807, 2.05) is 54.6 Å². The monoisotopic (exact) mass is 400 g/mol. The minimum Gasteiger partial charge on any atom is -0.468 e. The van der Waals surface area contributed by atoms with Crippen molar-refractivity contribution in [3.63, 3.8) is 0 Å². The molecule has 2 aromatic rings. The van der Waals surface area contributed by atoms with Crippen LogP contribution >= 0.6 is 0 Å². The van der Waals surface area contributed by atoms with Gasteiger partial charge in [0.1, 0.15) is 23.1 Å². The molecule has 0 spiro atoms. The maximum absolute atomic E-state index is 12.0. The summed E-state index contributed by atoms with van der Waals surface area (Å²) in [7, 11) is 1.31. The summed E-state index contributed by atoms with van der Waals surface area (Å²) >= 11 is 0.